The number of pyridine rings is 1. The van der Waals surface area contributed by atoms with Gasteiger partial charge in [0.1, 0.15) is 5.82 Å². The fourth-order valence-corrected chi connectivity index (χ4v) is 6.11. The van der Waals surface area contributed by atoms with Crippen LogP contribution < -0.4 is 10.9 Å². The summed E-state index contributed by atoms with van der Waals surface area (Å²) >= 11 is 0. The summed E-state index contributed by atoms with van der Waals surface area (Å²) in [5, 5.41) is 15.0. The second-order valence-electron chi connectivity index (χ2n) is 10.2. The number of hydrogen-bond donors (Lipinski definition) is 2. The summed E-state index contributed by atoms with van der Waals surface area (Å²) in [6.07, 6.45) is 5.37. The van der Waals surface area contributed by atoms with E-state index in [1.807, 2.05) is 6.07 Å². The van der Waals surface area contributed by atoms with E-state index in [-0.39, 0.29) is 17.5 Å². The smallest absolute Gasteiger partial charge is 0.255 e. The number of fused-ring (bicyclic) bond motifs is 1. The molecule has 0 radical (unpaired) electrons. The number of aliphatic hydroxyl groups excluding tert-OH is 1. The monoisotopic (exact) mass is 461 g/mol. The minimum absolute atomic E-state index is 0.0340. The third-order valence-electron chi connectivity index (χ3n) is 8.03. The van der Waals surface area contributed by atoms with Crippen LogP contribution in [0.25, 0.3) is 10.9 Å². The molecule has 2 aromatic carbocycles. The molecular weight excluding hydrogens is 429 g/mol. The van der Waals surface area contributed by atoms with E-state index in [0.29, 0.717) is 31.1 Å². The van der Waals surface area contributed by atoms with Crippen LogP contribution in [0.2, 0.25) is 0 Å². The van der Waals surface area contributed by atoms with Crippen LogP contribution in [0.4, 0.5) is 4.39 Å². The molecule has 1 aliphatic carbocycles. The highest BCUT2D eigenvalue weighted by molar-refractivity contribution is 5.84. The van der Waals surface area contributed by atoms with Crippen LogP contribution in [-0.2, 0) is 32.5 Å². The molecule has 0 saturated carbocycles. The molecule has 1 fully saturated rings. The number of aromatic nitrogens is 1. The maximum absolute atomic E-state index is 14.1. The van der Waals surface area contributed by atoms with Crippen molar-refractivity contribution in [2.45, 2.75) is 70.3 Å². The summed E-state index contributed by atoms with van der Waals surface area (Å²) in [6.45, 7) is 3.94. The first-order chi connectivity index (χ1) is 16.6. The Morgan fingerprint density at radius 3 is 2.74 bits per heavy atom. The summed E-state index contributed by atoms with van der Waals surface area (Å²) in [6, 6.07) is 12.3. The van der Waals surface area contributed by atoms with Gasteiger partial charge in [0.2, 0.25) is 0 Å². The van der Waals surface area contributed by atoms with E-state index in [1.54, 1.807) is 10.6 Å². The summed E-state index contributed by atoms with van der Waals surface area (Å²) in [5.41, 5.74) is 5.95. The number of hydrogen-bond acceptors (Lipinski definition) is 4. The van der Waals surface area contributed by atoms with Gasteiger partial charge < -0.3 is 15.0 Å². The zero-order chi connectivity index (χ0) is 23.2. The van der Waals surface area contributed by atoms with Gasteiger partial charge in [-0.2, -0.15) is 0 Å². The lowest BCUT2D eigenvalue weighted by Gasteiger charge is -2.32. The summed E-state index contributed by atoms with van der Waals surface area (Å²) < 4.78 is 15.9. The zero-order valence-electron chi connectivity index (χ0n) is 19.5. The van der Waals surface area contributed by atoms with Crippen molar-refractivity contribution in [3.05, 3.63) is 80.4 Å². The van der Waals surface area contributed by atoms with Gasteiger partial charge in [0.05, 0.1) is 11.6 Å². The van der Waals surface area contributed by atoms with Crippen LogP contribution in [0.15, 0.2) is 41.2 Å². The van der Waals surface area contributed by atoms with Crippen molar-refractivity contribution >= 4 is 10.9 Å². The van der Waals surface area contributed by atoms with Crippen molar-refractivity contribution in [2.75, 3.05) is 13.1 Å². The number of piperidine rings is 1. The Morgan fingerprint density at radius 1 is 1.03 bits per heavy atom. The van der Waals surface area contributed by atoms with Gasteiger partial charge in [-0.05, 0) is 91.9 Å². The first-order valence-electron chi connectivity index (χ1n) is 12.7. The van der Waals surface area contributed by atoms with Gasteiger partial charge in [-0.3, -0.25) is 9.69 Å². The second-order valence-corrected chi connectivity index (χ2v) is 10.2. The molecule has 178 valence electrons. The molecule has 0 spiro atoms. The van der Waals surface area contributed by atoms with E-state index < -0.39 is 0 Å². The van der Waals surface area contributed by atoms with Crippen molar-refractivity contribution < 1.29 is 9.50 Å². The minimum atomic E-state index is -0.318. The first-order valence-corrected chi connectivity index (χ1v) is 12.7. The number of rotatable bonds is 5. The van der Waals surface area contributed by atoms with Crippen LogP contribution in [-0.4, -0.2) is 33.7 Å². The largest absolute Gasteiger partial charge is 0.388 e. The van der Waals surface area contributed by atoms with Gasteiger partial charge in [0.25, 0.3) is 5.56 Å². The first kappa shape index (κ1) is 22.0. The van der Waals surface area contributed by atoms with Gasteiger partial charge in [-0.1, -0.05) is 18.2 Å². The van der Waals surface area contributed by atoms with Crippen molar-refractivity contribution in [3.63, 3.8) is 0 Å². The van der Waals surface area contributed by atoms with E-state index in [1.165, 1.54) is 17.2 Å². The zero-order valence-corrected chi connectivity index (χ0v) is 19.5. The molecule has 5 nitrogen and oxygen atoms in total. The number of nitrogens with zero attached hydrogens (tertiary/aromatic N) is 2. The van der Waals surface area contributed by atoms with Gasteiger partial charge in [-0.25, -0.2) is 4.39 Å². The Bertz CT molecular complexity index is 1290. The lowest BCUT2D eigenvalue weighted by atomic mass is 9.88. The minimum Gasteiger partial charge on any atom is -0.388 e. The van der Waals surface area contributed by atoms with Crippen molar-refractivity contribution in [1.82, 2.24) is 14.8 Å². The highest BCUT2D eigenvalue weighted by Crippen LogP contribution is 2.30. The number of aliphatic hydroxyl groups is 1. The van der Waals surface area contributed by atoms with E-state index >= 15 is 0 Å². The molecule has 6 rings (SSSR count). The SMILES string of the molecule is O=c1c(CN2CCC(NCc3ccc4c(c3)C(O)CCC4)CC2)cc2ccc(F)c3c2n1CC3. The molecule has 3 aromatic rings. The summed E-state index contributed by atoms with van der Waals surface area (Å²) in [4.78, 5) is 15.4. The highest BCUT2D eigenvalue weighted by atomic mass is 19.1. The normalized spacial score (nSPS) is 20.7. The van der Waals surface area contributed by atoms with Crippen molar-refractivity contribution in [3.8, 4) is 0 Å². The molecule has 0 amide bonds. The van der Waals surface area contributed by atoms with Crippen LogP contribution in [0.1, 0.15) is 59.6 Å². The van der Waals surface area contributed by atoms with Gasteiger partial charge >= 0.3 is 0 Å². The third-order valence-corrected chi connectivity index (χ3v) is 8.03. The Labute approximate surface area is 199 Å². The molecule has 3 aliphatic rings. The molecule has 0 bridgehead atoms. The Kier molecular flexibility index (Phi) is 5.76. The Morgan fingerprint density at radius 2 is 1.88 bits per heavy atom. The number of benzene rings is 2. The summed E-state index contributed by atoms with van der Waals surface area (Å²) in [5.74, 6) is -0.202. The Hall–Kier alpha value is -2.54. The van der Waals surface area contributed by atoms with Crippen LogP contribution in [0.3, 0.4) is 0 Å². The Balaban J connectivity index is 1.07. The van der Waals surface area contributed by atoms with Crippen LogP contribution >= 0.6 is 0 Å². The fourth-order valence-electron chi connectivity index (χ4n) is 6.11. The fraction of sp³-hybridized carbons (Fsp3) is 0.464. The van der Waals surface area contributed by atoms with Crippen LogP contribution in [0, 0.1) is 5.82 Å². The molecule has 34 heavy (non-hydrogen) atoms. The molecule has 6 heteroatoms. The average Bonchev–Trinajstić information content (AvgIpc) is 3.31. The molecule has 2 aliphatic heterocycles. The maximum atomic E-state index is 14.1. The molecule has 1 saturated heterocycles. The predicted molar refractivity (Wildman–Crippen MR) is 131 cm³/mol. The quantitative estimate of drug-likeness (QED) is 0.607. The molecule has 3 heterocycles. The van der Waals surface area contributed by atoms with Crippen molar-refractivity contribution in [1.29, 1.82) is 0 Å². The van der Waals surface area contributed by atoms with E-state index in [4.69, 9.17) is 0 Å². The van der Waals surface area contributed by atoms with Gasteiger partial charge in [-0.15, -0.1) is 0 Å². The number of halogens is 1. The number of nitrogens with one attached hydrogen (secondary N) is 1. The highest BCUT2D eigenvalue weighted by Gasteiger charge is 2.24. The molecular formula is C28H32FN3O2. The number of aryl methyl sites for hydroxylation is 3. The lowest BCUT2D eigenvalue weighted by Crippen LogP contribution is -2.42. The average molecular weight is 462 g/mol. The van der Waals surface area contributed by atoms with E-state index in [9.17, 15) is 14.3 Å². The summed E-state index contributed by atoms with van der Waals surface area (Å²) in [7, 11) is 0. The molecule has 1 unspecified atom stereocenters. The maximum Gasteiger partial charge on any atom is 0.255 e. The van der Waals surface area contributed by atoms with E-state index in [2.05, 4.69) is 28.4 Å². The van der Waals surface area contributed by atoms with Gasteiger partial charge in [0.15, 0.2) is 0 Å². The second kappa shape index (κ2) is 8.91. The van der Waals surface area contributed by atoms with E-state index in [0.717, 1.165) is 73.8 Å². The topological polar surface area (TPSA) is 57.5 Å². The lowest BCUT2D eigenvalue weighted by molar-refractivity contribution is 0.156. The third kappa shape index (κ3) is 3.98. The molecule has 2 N–H and O–H groups in total. The predicted octanol–water partition coefficient (Wildman–Crippen LogP) is 3.82. The van der Waals surface area contributed by atoms with Crippen molar-refractivity contribution in [2.24, 2.45) is 0 Å². The molecule has 1 aromatic heterocycles. The van der Waals surface area contributed by atoms with Gasteiger partial charge in [0, 0.05) is 36.8 Å². The molecule has 1 atom stereocenters. The van der Waals surface area contributed by atoms with Crippen LogP contribution in [0.5, 0.6) is 0 Å². The number of likely N-dealkylation sites (tertiary alicyclic amines) is 1. The standard InChI is InChI=1S/C28H32FN3O2/c29-25-7-6-20-15-21(28(34)32-13-10-23(25)27(20)32)17-31-11-8-22(9-12-31)30-16-18-4-5-19-2-1-3-26(33)24(19)14-18/h4-7,14-15,22,26,30,33H,1-3,8-13,16-17H2.